The van der Waals surface area contributed by atoms with Crippen LogP contribution in [0.4, 0.5) is 0 Å². The molecule has 0 spiro atoms. The van der Waals surface area contributed by atoms with Crippen LogP contribution >= 0.6 is 0 Å². The number of ether oxygens (including phenoxy) is 1. The number of morpholine rings is 1. The first-order valence-corrected chi connectivity index (χ1v) is 7.71. The Morgan fingerprint density at radius 1 is 1.36 bits per heavy atom. The summed E-state index contributed by atoms with van der Waals surface area (Å²) in [4.78, 5) is 10.9. The summed E-state index contributed by atoms with van der Waals surface area (Å²) < 4.78 is 13.4. The van der Waals surface area contributed by atoms with E-state index in [0.717, 1.165) is 19.6 Å². The van der Waals surface area contributed by atoms with Gasteiger partial charge in [0.15, 0.2) is 5.82 Å². The summed E-state index contributed by atoms with van der Waals surface area (Å²) in [6, 6.07) is 0.408. The van der Waals surface area contributed by atoms with E-state index in [-0.39, 0.29) is 12.2 Å². The summed E-state index contributed by atoms with van der Waals surface area (Å²) in [6.07, 6.45) is 3.79. The van der Waals surface area contributed by atoms with Crippen molar-refractivity contribution in [3.8, 4) is 0 Å². The highest BCUT2D eigenvalue weighted by molar-refractivity contribution is 5.01. The summed E-state index contributed by atoms with van der Waals surface area (Å²) >= 11 is 0. The first kappa shape index (κ1) is 15.2. The van der Waals surface area contributed by atoms with E-state index >= 15 is 0 Å². The van der Waals surface area contributed by atoms with Crippen LogP contribution in [0.25, 0.3) is 0 Å². The van der Waals surface area contributed by atoms with Crippen molar-refractivity contribution < 1.29 is 9.26 Å². The molecule has 2 aromatic heterocycles. The Kier molecular flexibility index (Phi) is 4.26. The summed E-state index contributed by atoms with van der Waals surface area (Å²) in [6.45, 7) is 10.7. The summed E-state index contributed by atoms with van der Waals surface area (Å²) in [5.41, 5.74) is 1.21. The van der Waals surface area contributed by atoms with Crippen molar-refractivity contribution in [2.75, 3.05) is 13.1 Å². The Morgan fingerprint density at radius 2 is 2.18 bits per heavy atom. The molecule has 1 saturated heterocycles. The second-order valence-electron chi connectivity index (χ2n) is 6.20. The third kappa shape index (κ3) is 3.20. The lowest BCUT2D eigenvalue weighted by atomic mass is 10.2. The molecule has 22 heavy (non-hydrogen) atoms. The predicted octanol–water partition coefficient (Wildman–Crippen LogP) is 2.12. The van der Waals surface area contributed by atoms with E-state index < -0.39 is 0 Å². The fraction of sp³-hybridized carbons (Fsp3) is 0.667. The minimum absolute atomic E-state index is 0.126. The van der Waals surface area contributed by atoms with Crippen molar-refractivity contribution >= 4 is 0 Å². The zero-order chi connectivity index (χ0) is 15.7. The molecule has 7 nitrogen and oxygen atoms in total. The largest absolute Gasteiger partial charge is 0.363 e. The Bertz CT molecular complexity index is 621. The molecule has 0 amide bonds. The molecule has 0 radical (unpaired) electrons. The fourth-order valence-corrected chi connectivity index (χ4v) is 2.90. The van der Waals surface area contributed by atoms with Crippen LogP contribution in [0, 0.1) is 6.92 Å². The molecule has 0 bridgehead atoms. The van der Waals surface area contributed by atoms with Gasteiger partial charge < -0.3 is 13.8 Å². The van der Waals surface area contributed by atoms with Crippen molar-refractivity contribution in [1.82, 2.24) is 24.6 Å². The number of imidazole rings is 1. The van der Waals surface area contributed by atoms with Crippen molar-refractivity contribution in [2.45, 2.75) is 52.5 Å². The van der Waals surface area contributed by atoms with Crippen molar-refractivity contribution in [1.29, 1.82) is 0 Å². The summed E-state index contributed by atoms with van der Waals surface area (Å²) in [7, 11) is 0. The van der Waals surface area contributed by atoms with Gasteiger partial charge in [-0.3, -0.25) is 4.90 Å². The van der Waals surface area contributed by atoms with E-state index in [4.69, 9.17) is 9.26 Å². The van der Waals surface area contributed by atoms with Crippen molar-refractivity contribution in [3.05, 3.63) is 29.9 Å². The van der Waals surface area contributed by atoms with Crippen LogP contribution in [0.2, 0.25) is 0 Å². The molecule has 1 aliphatic rings. The lowest BCUT2D eigenvalue weighted by Gasteiger charge is -2.35. The van der Waals surface area contributed by atoms with Crippen LogP contribution in [-0.4, -0.2) is 43.8 Å². The Labute approximate surface area is 130 Å². The topological polar surface area (TPSA) is 69.2 Å². The van der Waals surface area contributed by atoms with Gasteiger partial charge in [-0.25, -0.2) is 4.98 Å². The molecule has 1 fully saturated rings. The lowest BCUT2D eigenvalue weighted by Crippen LogP contribution is -2.42. The van der Waals surface area contributed by atoms with Crippen LogP contribution in [0.5, 0.6) is 0 Å². The number of rotatable bonds is 4. The number of nitrogens with zero attached hydrogens (tertiary/aromatic N) is 5. The van der Waals surface area contributed by atoms with Crippen LogP contribution in [0.15, 0.2) is 17.0 Å². The standard InChI is InChI=1S/C15H23N5O2/c1-10(2)20-9-16-5-13(20)7-19-6-11(3)21-14(8-19)15-17-12(4)18-22-15/h5,9-11,14H,6-8H2,1-4H3/t11-,14-/m1/s1. The molecule has 2 aromatic rings. The fourth-order valence-electron chi connectivity index (χ4n) is 2.90. The lowest BCUT2D eigenvalue weighted by molar-refractivity contribution is -0.0935. The van der Waals surface area contributed by atoms with Gasteiger partial charge in [0, 0.05) is 31.9 Å². The maximum atomic E-state index is 5.95. The monoisotopic (exact) mass is 305 g/mol. The minimum Gasteiger partial charge on any atom is -0.363 e. The second-order valence-corrected chi connectivity index (χ2v) is 6.20. The van der Waals surface area contributed by atoms with E-state index in [1.54, 1.807) is 0 Å². The Morgan fingerprint density at radius 3 is 2.86 bits per heavy atom. The number of aryl methyl sites for hydroxylation is 1. The number of hydrogen-bond donors (Lipinski definition) is 0. The SMILES string of the molecule is Cc1noc([C@H]2CN(Cc3cncn3C(C)C)C[C@@H](C)O2)n1. The molecule has 0 aromatic carbocycles. The van der Waals surface area contributed by atoms with Gasteiger partial charge in [-0.1, -0.05) is 5.16 Å². The average Bonchev–Trinajstić information content (AvgIpc) is 3.07. The van der Waals surface area contributed by atoms with Gasteiger partial charge in [0.2, 0.25) is 0 Å². The molecular weight excluding hydrogens is 282 g/mol. The van der Waals surface area contributed by atoms with E-state index in [1.165, 1.54) is 5.69 Å². The summed E-state index contributed by atoms with van der Waals surface area (Å²) in [5.74, 6) is 1.20. The van der Waals surface area contributed by atoms with Crippen LogP contribution in [-0.2, 0) is 11.3 Å². The van der Waals surface area contributed by atoms with E-state index in [0.29, 0.717) is 17.8 Å². The maximum absolute atomic E-state index is 5.95. The normalized spacial score (nSPS) is 23.3. The zero-order valence-electron chi connectivity index (χ0n) is 13.6. The quantitative estimate of drug-likeness (QED) is 0.862. The predicted molar refractivity (Wildman–Crippen MR) is 80.2 cm³/mol. The average molecular weight is 305 g/mol. The van der Waals surface area contributed by atoms with E-state index in [1.807, 2.05) is 19.4 Å². The highest BCUT2D eigenvalue weighted by Crippen LogP contribution is 2.25. The van der Waals surface area contributed by atoms with Crippen LogP contribution in [0.1, 0.15) is 50.3 Å². The van der Waals surface area contributed by atoms with Crippen LogP contribution in [0.3, 0.4) is 0 Å². The first-order valence-electron chi connectivity index (χ1n) is 7.71. The number of aromatic nitrogens is 4. The molecule has 1 aliphatic heterocycles. The van der Waals surface area contributed by atoms with Gasteiger partial charge in [0.05, 0.1) is 18.1 Å². The third-order valence-electron chi connectivity index (χ3n) is 3.84. The molecule has 3 heterocycles. The van der Waals surface area contributed by atoms with Crippen molar-refractivity contribution in [3.63, 3.8) is 0 Å². The molecule has 0 N–H and O–H groups in total. The summed E-state index contributed by atoms with van der Waals surface area (Å²) in [5, 5.41) is 3.86. The van der Waals surface area contributed by atoms with Crippen molar-refractivity contribution in [2.24, 2.45) is 0 Å². The second kappa shape index (κ2) is 6.18. The molecular formula is C15H23N5O2. The molecule has 120 valence electrons. The highest BCUT2D eigenvalue weighted by Gasteiger charge is 2.30. The molecule has 0 aliphatic carbocycles. The van der Waals surface area contributed by atoms with Gasteiger partial charge in [-0.2, -0.15) is 4.98 Å². The molecule has 0 saturated carbocycles. The zero-order valence-corrected chi connectivity index (χ0v) is 13.6. The smallest absolute Gasteiger partial charge is 0.257 e. The molecule has 2 atom stereocenters. The third-order valence-corrected chi connectivity index (χ3v) is 3.84. The van der Waals surface area contributed by atoms with Gasteiger partial charge >= 0.3 is 0 Å². The van der Waals surface area contributed by atoms with Gasteiger partial charge in [-0.05, 0) is 27.7 Å². The molecule has 0 unspecified atom stereocenters. The highest BCUT2D eigenvalue weighted by atomic mass is 16.5. The molecule has 7 heteroatoms. The Hall–Kier alpha value is -1.73. The minimum atomic E-state index is -0.166. The van der Waals surface area contributed by atoms with Crippen LogP contribution < -0.4 is 0 Å². The molecule has 3 rings (SSSR count). The first-order chi connectivity index (χ1) is 10.5. The van der Waals surface area contributed by atoms with Gasteiger partial charge in [-0.15, -0.1) is 0 Å². The van der Waals surface area contributed by atoms with Gasteiger partial charge in [0.25, 0.3) is 5.89 Å². The van der Waals surface area contributed by atoms with E-state index in [9.17, 15) is 0 Å². The van der Waals surface area contributed by atoms with E-state index in [2.05, 4.69) is 45.4 Å². The maximum Gasteiger partial charge on any atom is 0.257 e. The Balaban J connectivity index is 1.72. The number of hydrogen-bond acceptors (Lipinski definition) is 6. The van der Waals surface area contributed by atoms with Gasteiger partial charge in [0.1, 0.15) is 6.10 Å².